The van der Waals surface area contributed by atoms with Crippen LogP contribution in [-0.2, 0) is 10.3 Å². The molecule has 1 aromatic heterocycles. The van der Waals surface area contributed by atoms with Crippen LogP contribution in [0.5, 0.6) is 5.88 Å². The molecule has 1 aromatic carbocycles. The Balaban J connectivity index is 1.64. The highest BCUT2D eigenvalue weighted by Crippen LogP contribution is 2.51. The number of hydrogen-bond donors (Lipinski definition) is 1. The molecule has 1 aliphatic carbocycles. The van der Waals surface area contributed by atoms with Crippen LogP contribution in [0, 0.1) is 11.3 Å². The Morgan fingerprint density at radius 2 is 1.94 bits per heavy atom. The van der Waals surface area contributed by atoms with Crippen molar-refractivity contribution in [3.63, 3.8) is 0 Å². The summed E-state index contributed by atoms with van der Waals surface area (Å²) in [6, 6.07) is 10.2. The average Bonchev–Trinajstić information content (AvgIpc) is 3.37. The second-order valence-electron chi connectivity index (χ2n) is 9.63. The van der Waals surface area contributed by atoms with Crippen molar-refractivity contribution in [2.24, 2.45) is 5.73 Å². The van der Waals surface area contributed by atoms with Crippen LogP contribution in [-0.4, -0.2) is 22.2 Å². The molecule has 1 atom stereocenters. The van der Waals surface area contributed by atoms with Crippen molar-refractivity contribution in [1.82, 2.24) is 9.78 Å². The van der Waals surface area contributed by atoms with Crippen LogP contribution in [0.3, 0.4) is 0 Å². The third kappa shape index (κ3) is 3.18. The Morgan fingerprint density at radius 1 is 1.23 bits per heavy atom. The fraction of sp³-hybridized carbons (Fsp3) is 0.458. The zero-order chi connectivity index (χ0) is 21.9. The zero-order valence-electron chi connectivity index (χ0n) is 18.2. The summed E-state index contributed by atoms with van der Waals surface area (Å²) in [5, 5.41) is 14.9. The van der Waals surface area contributed by atoms with E-state index >= 15 is 0 Å². The van der Waals surface area contributed by atoms with Gasteiger partial charge in [0.1, 0.15) is 11.6 Å². The largest absolute Gasteiger partial charge is 0.422 e. The molecule has 0 spiro atoms. The standard InChI is InChI=1S/C24H27N5O2/c1-24(2,3)29-23-20(21(27-29)15-6-7-15)19(17(13-25)22(26)31-23)14-8-10-16(11-9-14)28-12-4-5-18(28)30/h8-11,15,19H,4-7,12,26H2,1-3H3. The van der Waals surface area contributed by atoms with Crippen LogP contribution in [0.4, 0.5) is 5.69 Å². The van der Waals surface area contributed by atoms with Crippen molar-refractivity contribution in [1.29, 1.82) is 5.26 Å². The van der Waals surface area contributed by atoms with E-state index in [0.717, 1.165) is 48.3 Å². The van der Waals surface area contributed by atoms with Gasteiger partial charge in [0.15, 0.2) is 0 Å². The maximum atomic E-state index is 12.1. The number of carbonyl (C=O) groups is 1. The summed E-state index contributed by atoms with van der Waals surface area (Å²) in [7, 11) is 0. The number of nitrogens with two attached hydrogens (primary N) is 1. The lowest BCUT2D eigenvalue weighted by atomic mass is 9.83. The fourth-order valence-electron chi connectivity index (χ4n) is 4.58. The Bertz CT molecular complexity index is 1130. The van der Waals surface area contributed by atoms with E-state index in [9.17, 15) is 10.1 Å². The van der Waals surface area contributed by atoms with Gasteiger partial charge in [-0.2, -0.15) is 10.4 Å². The maximum absolute atomic E-state index is 12.1. The predicted octanol–water partition coefficient (Wildman–Crippen LogP) is 3.86. The first-order valence-corrected chi connectivity index (χ1v) is 10.9. The minimum absolute atomic E-state index is 0.131. The normalized spacial score (nSPS) is 21.2. The molecule has 1 saturated heterocycles. The fourth-order valence-corrected chi connectivity index (χ4v) is 4.58. The van der Waals surface area contributed by atoms with Gasteiger partial charge in [0, 0.05) is 24.6 Å². The van der Waals surface area contributed by atoms with Gasteiger partial charge < -0.3 is 15.4 Å². The highest BCUT2D eigenvalue weighted by Gasteiger charge is 2.42. The molecule has 160 valence electrons. The van der Waals surface area contributed by atoms with E-state index in [0.29, 0.717) is 23.8 Å². The van der Waals surface area contributed by atoms with Crippen LogP contribution < -0.4 is 15.4 Å². The second kappa shape index (κ2) is 6.88. The number of carbonyl (C=O) groups excluding carboxylic acids is 1. The summed E-state index contributed by atoms with van der Waals surface area (Å²) < 4.78 is 7.91. The lowest BCUT2D eigenvalue weighted by molar-refractivity contribution is -0.117. The highest BCUT2D eigenvalue weighted by atomic mass is 16.5. The second-order valence-corrected chi connectivity index (χ2v) is 9.63. The SMILES string of the molecule is CC(C)(C)n1nc(C2CC2)c2c1OC(N)=C(C#N)C2c1ccc(N2CCCC2=O)cc1. The molecule has 7 heteroatoms. The summed E-state index contributed by atoms with van der Waals surface area (Å²) >= 11 is 0. The summed E-state index contributed by atoms with van der Waals surface area (Å²) in [5.41, 5.74) is 10.2. The third-order valence-electron chi connectivity index (χ3n) is 6.29. The number of amides is 1. The molecule has 31 heavy (non-hydrogen) atoms. The molecule has 0 bridgehead atoms. The topological polar surface area (TPSA) is 97.2 Å². The molecule has 1 amide bonds. The molecule has 3 aliphatic rings. The number of rotatable bonds is 3. The summed E-state index contributed by atoms with van der Waals surface area (Å²) in [6.07, 6.45) is 3.67. The van der Waals surface area contributed by atoms with Gasteiger partial charge in [0.05, 0.1) is 22.7 Å². The Morgan fingerprint density at radius 3 is 2.48 bits per heavy atom. The van der Waals surface area contributed by atoms with Crippen molar-refractivity contribution in [3.05, 3.63) is 52.5 Å². The molecule has 1 saturated carbocycles. The summed E-state index contributed by atoms with van der Waals surface area (Å²) in [5.74, 6) is 0.986. The minimum atomic E-state index is -0.330. The molecule has 2 aliphatic heterocycles. The van der Waals surface area contributed by atoms with Crippen molar-refractivity contribution < 1.29 is 9.53 Å². The highest BCUT2D eigenvalue weighted by molar-refractivity contribution is 5.95. The van der Waals surface area contributed by atoms with Crippen LogP contribution in [0.1, 0.15) is 75.1 Å². The van der Waals surface area contributed by atoms with E-state index in [1.165, 1.54) is 0 Å². The number of allylic oxidation sites excluding steroid dienone is 1. The molecule has 3 heterocycles. The molecule has 2 aromatic rings. The van der Waals surface area contributed by atoms with E-state index in [2.05, 4.69) is 26.8 Å². The molecule has 1 unspecified atom stereocenters. The van der Waals surface area contributed by atoms with Gasteiger partial charge in [-0.3, -0.25) is 4.79 Å². The van der Waals surface area contributed by atoms with Gasteiger partial charge in [0.2, 0.25) is 17.7 Å². The van der Waals surface area contributed by atoms with Crippen molar-refractivity contribution >= 4 is 11.6 Å². The minimum Gasteiger partial charge on any atom is -0.422 e. The summed E-state index contributed by atoms with van der Waals surface area (Å²) in [4.78, 5) is 13.9. The lowest BCUT2D eigenvalue weighted by Crippen LogP contribution is -2.28. The van der Waals surface area contributed by atoms with Crippen LogP contribution >= 0.6 is 0 Å². The molecule has 2 fully saturated rings. The van der Waals surface area contributed by atoms with Crippen molar-refractivity contribution in [3.8, 4) is 11.9 Å². The van der Waals surface area contributed by atoms with Crippen LogP contribution in [0.25, 0.3) is 0 Å². The van der Waals surface area contributed by atoms with Gasteiger partial charge in [-0.1, -0.05) is 12.1 Å². The maximum Gasteiger partial charge on any atom is 0.227 e. The Labute approximate surface area is 182 Å². The first kappa shape index (κ1) is 19.7. The average molecular weight is 418 g/mol. The predicted molar refractivity (Wildman–Crippen MR) is 117 cm³/mol. The summed E-state index contributed by atoms with van der Waals surface area (Å²) in [6.45, 7) is 6.99. The smallest absolute Gasteiger partial charge is 0.227 e. The van der Waals surface area contributed by atoms with Gasteiger partial charge >= 0.3 is 0 Å². The molecule has 5 rings (SSSR count). The van der Waals surface area contributed by atoms with E-state index in [1.807, 2.05) is 33.8 Å². The lowest BCUT2D eigenvalue weighted by Gasteiger charge is -2.28. The van der Waals surface area contributed by atoms with Gasteiger partial charge in [-0.25, -0.2) is 4.68 Å². The van der Waals surface area contributed by atoms with E-state index in [-0.39, 0.29) is 23.2 Å². The van der Waals surface area contributed by atoms with Gasteiger partial charge in [-0.15, -0.1) is 0 Å². The zero-order valence-corrected chi connectivity index (χ0v) is 18.2. The number of nitrogens with zero attached hydrogens (tertiary/aromatic N) is 4. The number of aromatic nitrogens is 2. The monoisotopic (exact) mass is 417 g/mol. The molecule has 2 N–H and O–H groups in total. The Kier molecular flexibility index (Phi) is 4.37. The van der Waals surface area contributed by atoms with Crippen LogP contribution in [0.2, 0.25) is 0 Å². The first-order chi connectivity index (χ1) is 14.8. The van der Waals surface area contributed by atoms with E-state index < -0.39 is 0 Å². The first-order valence-electron chi connectivity index (χ1n) is 10.9. The number of ether oxygens (including phenoxy) is 1. The number of benzene rings is 1. The molecular weight excluding hydrogens is 390 g/mol. The molecular formula is C24H27N5O2. The van der Waals surface area contributed by atoms with Gasteiger partial charge in [0.25, 0.3) is 0 Å². The number of nitriles is 1. The number of anilines is 1. The molecule has 7 nitrogen and oxygen atoms in total. The number of hydrogen-bond acceptors (Lipinski definition) is 5. The van der Waals surface area contributed by atoms with Crippen molar-refractivity contribution in [2.75, 3.05) is 11.4 Å². The van der Waals surface area contributed by atoms with E-state index in [1.54, 1.807) is 0 Å². The third-order valence-corrected chi connectivity index (χ3v) is 6.29. The van der Waals surface area contributed by atoms with Gasteiger partial charge in [-0.05, 0) is 57.7 Å². The van der Waals surface area contributed by atoms with Crippen LogP contribution in [0.15, 0.2) is 35.7 Å². The number of fused-ring (bicyclic) bond motifs is 1. The Hall–Kier alpha value is -3.27. The van der Waals surface area contributed by atoms with E-state index in [4.69, 9.17) is 15.6 Å². The quantitative estimate of drug-likeness (QED) is 0.818. The molecule has 0 radical (unpaired) electrons. The van der Waals surface area contributed by atoms with Crippen molar-refractivity contribution in [2.45, 2.75) is 63.8 Å².